The van der Waals surface area contributed by atoms with Gasteiger partial charge in [-0.1, -0.05) is 50.2 Å². The van der Waals surface area contributed by atoms with Gasteiger partial charge in [0.2, 0.25) is 16.8 Å². The Morgan fingerprint density at radius 3 is 2.46 bits per heavy atom. The summed E-state index contributed by atoms with van der Waals surface area (Å²) in [5, 5.41) is 14.2. The lowest BCUT2D eigenvalue weighted by Gasteiger charge is -2.31. The van der Waals surface area contributed by atoms with Gasteiger partial charge in [-0.25, -0.2) is 13.2 Å². The number of hydrogen-bond donors (Lipinski definition) is 2. The van der Waals surface area contributed by atoms with E-state index in [0.717, 1.165) is 33.0 Å². The third kappa shape index (κ3) is 8.20. The second-order valence-corrected chi connectivity index (χ2v) is 13.9. The van der Waals surface area contributed by atoms with Crippen LogP contribution >= 0.6 is 0 Å². The molecule has 48 heavy (non-hydrogen) atoms. The number of nitrogens with zero attached hydrogens (tertiary/aromatic N) is 2. The molecule has 0 radical (unpaired) electrons. The highest BCUT2D eigenvalue weighted by atomic mass is 32.2. The normalized spacial score (nSPS) is 17.5. The molecule has 2 heterocycles. The van der Waals surface area contributed by atoms with Crippen LogP contribution in [0.15, 0.2) is 77.7 Å². The summed E-state index contributed by atoms with van der Waals surface area (Å²) in [6.07, 6.45) is -7.86. The molecule has 15 heteroatoms. The van der Waals surface area contributed by atoms with Crippen LogP contribution < -0.4 is 19.7 Å². The van der Waals surface area contributed by atoms with Gasteiger partial charge in [-0.3, -0.25) is 9.69 Å². The van der Waals surface area contributed by atoms with E-state index in [4.69, 9.17) is 14.2 Å². The molecule has 0 aromatic heterocycles. The number of aliphatic hydroxyl groups is 1. The van der Waals surface area contributed by atoms with Crippen molar-refractivity contribution in [3.05, 3.63) is 83.9 Å². The van der Waals surface area contributed by atoms with Gasteiger partial charge in [-0.05, 0) is 54.7 Å². The largest absolute Gasteiger partial charge is 0.454 e. The minimum Gasteiger partial charge on any atom is -0.454 e. The minimum atomic E-state index is -4.64. The van der Waals surface area contributed by atoms with Crippen molar-refractivity contribution in [3.8, 4) is 11.5 Å². The van der Waals surface area contributed by atoms with E-state index in [9.17, 15) is 36.3 Å². The number of alkyl halides is 3. The van der Waals surface area contributed by atoms with E-state index in [1.807, 2.05) is 44.2 Å². The molecular weight excluding hydrogens is 655 g/mol. The summed E-state index contributed by atoms with van der Waals surface area (Å²) in [5.74, 6) is -0.228. The van der Waals surface area contributed by atoms with Gasteiger partial charge in [-0.2, -0.15) is 17.5 Å². The van der Waals surface area contributed by atoms with Crippen LogP contribution in [0.2, 0.25) is 0 Å². The van der Waals surface area contributed by atoms with E-state index < -0.39 is 52.0 Å². The predicted molar refractivity (Wildman–Crippen MR) is 168 cm³/mol. The standard InChI is InChI=1S/C33H36F3N3O8S/c1-21(2)17-38(48(43,44)25-12-14-28-29(16-25)46-20-45-28)18-27(40)26(13-11-22-7-4-3-5-8-22)37-31(41)30-19-39(32(42)47-30)24-10-6-9-23(15-24)33(34,35)36/h3-10,12,14-16,21,26-27,30,40H,11,13,17-20H2,1-2H3,(H,37,41)/t26-,27+,30-/m0/s1. The molecule has 258 valence electrons. The Hall–Kier alpha value is -4.34. The molecule has 11 nitrogen and oxygen atoms in total. The molecule has 0 saturated carbocycles. The zero-order chi connectivity index (χ0) is 34.6. The molecule has 3 aromatic carbocycles. The molecule has 2 aliphatic heterocycles. The van der Waals surface area contributed by atoms with Gasteiger partial charge in [0, 0.05) is 24.8 Å². The van der Waals surface area contributed by atoms with Crippen molar-refractivity contribution in [3.63, 3.8) is 0 Å². The van der Waals surface area contributed by atoms with Gasteiger partial charge < -0.3 is 24.6 Å². The van der Waals surface area contributed by atoms with Crippen molar-refractivity contribution in [2.75, 3.05) is 31.3 Å². The fourth-order valence-electron chi connectivity index (χ4n) is 5.46. The lowest BCUT2D eigenvalue weighted by atomic mass is 10.0. The molecule has 3 aromatic rings. The first-order valence-corrected chi connectivity index (χ1v) is 16.7. The number of fused-ring (bicyclic) bond motifs is 1. The first-order valence-electron chi connectivity index (χ1n) is 15.3. The quantitative estimate of drug-likeness (QED) is 0.266. The fraction of sp³-hybridized carbons (Fsp3) is 0.394. The predicted octanol–water partition coefficient (Wildman–Crippen LogP) is 4.58. The van der Waals surface area contributed by atoms with Gasteiger partial charge in [0.05, 0.1) is 29.1 Å². The molecular formula is C33H36F3N3O8S. The first kappa shape index (κ1) is 35.0. The number of cyclic esters (lactones) is 1. The van der Waals surface area contributed by atoms with E-state index in [1.165, 1.54) is 24.3 Å². The summed E-state index contributed by atoms with van der Waals surface area (Å²) < 4.78 is 84.5. The Morgan fingerprint density at radius 2 is 1.75 bits per heavy atom. The summed E-state index contributed by atoms with van der Waals surface area (Å²) in [6.45, 7) is 2.92. The number of amides is 2. The monoisotopic (exact) mass is 691 g/mol. The molecule has 3 atom stereocenters. The fourth-order valence-corrected chi connectivity index (χ4v) is 7.10. The van der Waals surface area contributed by atoms with Crippen LogP contribution in [0.4, 0.5) is 23.7 Å². The smallest absolute Gasteiger partial charge is 0.416 e. The summed E-state index contributed by atoms with van der Waals surface area (Å²) in [7, 11) is -4.15. The molecule has 5 rings (SSSR count). The van der Waals surface area contributed by atoms with Crippen LogP contribution in [0, 0.1) is 5.92 Å². The number of hydrogen-bond acceptors (Lipinski definition) is 8. The molecule has 0 aliphatic carbocycles. The highest BCUT2D eigenvalue weighted by molar-refractivity contribution is 7.89. The number of ether oxygens (including phenoxy) is 3. The number of rotatable bonds is 13. The summed E-state index contributed by atoms with van der Waals surface area (Å²) in [4.78, 5) is 27.0. The van der Waals surface area contributed by atoms with Crippen molar-refractivity contribution < 1.29 is 50.5 Å². The van der Waals surface area contributed by atoms with Gasteiger partial charge in [-0.15, -0.1) is 0 Å². The topological polar surface area (TPSA) is 135 Å². The Bertz CT molecular complexity index is 1720. The van der Waals surface area contributed by atoms with Gasteiger partial charge >= 0.3 is 12.3 Å². The number of halogens is 3. The molecule has 0 bridgehead atoms. The zero-order valence-corrected chi connectivity index (χ0v) is 27.0. The second-order valence-electron chi connectivity index (χ2n) is 12.0. The Labute approximate surface area is 276 Å². The number of sulfonamides is 1. The van der Waals surface area contributed by atoms with E-state index >= 15 is 0 Å². The van der Waals surface area contributed by atoms with E-state index in [1.54, 1.807) is 0 Å². The minimum absolute atomic E-state index is 0.0376. The molecule has 1 saturated heterocycles. The SMILES string of the molecule is CC(C)CN(C[C@@H](O)[C@H](CCc1ccccc1)NC(=O)[C@@H]1CN(c2cccc(C(F)(F)F)c2)C(=O)O1)S(=O)(=O)c1ccc2c(c1)OCO2. The number of carbonyl (C=O) groups is 2. The number of anilines is 1. The summed E-state index contributed by atoms with van der Waals surface area (Å²) in [6, 6.07) is 16.6. The van der Waals surface area contributed by atoms with E-state index in [0.29, 0.717) is 12.2 Å². The molecule has 0 unspecified atom stereocenters. The molecule has 0 spiro atoms. The van der Waals surface area contributed by atoms with Crippen molar-refractivity contribution in [2.24, 2.45) is 5.92 Å². The van der Waals surface area contributed by atoms with Crippen molar-refractivity contribution in [2.45, 2.75) is 56.0 Å². The van der Waals surface area contributed by atoms with E-state index in [-0.39, 0.29) is 55.1 Å². The molecule has 2 amide bonds. The van der Waals surface area contributed by atoms with Gasteiger partial charge in [0.15, 0.2) is 17.6 Å². The van der Waals surface area contributed by atoms with Gasteiger partial charge in [0.25, 0.3) is 5.91 Å². The van der Waals surface area contributed by atoms with Crippen LogP contribution in [0.5, 0.6) is 11.5 Å². The van der Waals surface area contributed by atoms with Crippen LogP contribution in [0.1, 0.15) is 31.4 Å². The molecule has 1 fully saturated rings. The van der Waals surface area contributed by atoms with Crippen LogP contribution in [-0.4, -0.2) is 74.5 Å². The number of aryl methyl sites for hydroxylation is 1. The number of benzene rings is 3. The highest BCUT2D eigenvalue weighted by Crippen LogP contribution is 2.35. The highest BCUT2D eigenvalue weighted by Gasteiger charge is 2.40. The van der Waals surface area contributed by atoms with E-state index in [2.05, 4.69) is 5.32 Å². The van der Waals surface area contributed by atoms with Crippen LogP contribution in [0.3, 0.4) is 0 Å². The van der Waals surface area contributed by atoms with Crippen molar-refractivity contribution in [1.29, 1.82) is 0 Å². The maximum absolute atomic E-state index is 13.8. The summed E-state index contributed by atoms with van der Waals surface area (Å²) >= 11 is 0. The Morgan fingerprint density at radius 1 is 1.02 bits per heavy atom. The van der Waals surface area contributed by atoms with Crippen LogP contribution in [0.25, 0.3) is 0 Å². The number of carbonyl (C=O) groups excluding carboxylic acids is 2. The summed E-state index contributed by atoms with van der Waals surface area (Å²) in [5.41, 5.74) is -0.158. The average molecular weight is 692 g/mol. The molecule has 2 N–H and O–H groups in total. The van der Waals surface area contributed by atoms with Gasteiger partial charge in [0.1, 0.15) is 0 Å². The maximum atomic E-state index is 13.8. The zero-order valence-electron chi connectivity index (χ0n) is 26.2. The lowest BCUT2D eigenvalue weighted by Crippen LogP contribution is -2.52. The Balaban J connectivity index is 1.34. The third-order valence-corrected chi connectivity index (χ3v) is 9.74. The average Bonchev–Trinajstić information content (AvgIpc) is 3.68. The van der Waals surface area contributed by atoms with Crippen LogP contribution in [-0.2, 0) is 32.2 Å². The number of aliphatic hydroxyl groups excluding tert-OH is 1. The maximum Gasteiger partial charge on any atom is 0.416 e. The third-order valence-electron chi connectivity index (χ3n) is 7.91. The molecule has 2 aliphatic rings. The second kappa shape index (κ2) is 14.4. The van der Waals surface area contributed by atoms with Crippen molar-refractivity contribution >= 4 is 27.7 Å². The Kier molecular flexibility index (Phi) is 10.5. The lowest BCUT2D eigenvalue weighted by molar-refractivity contribution is -0.137. The number of nitrogens with one attached hydrogen (secondary N) is 1. The van der Waals surface area contributed by atoms with Crippen molar-refractivity contribution in [1.82, 2.24) is 9.62 Å². The first-order chi connectivity index (χ1) is 22.7.